The molecule has 0 saturated carbocycles. The number of halogens is 1. The summed E-state index contributed by atoms with van der Waals surface area (Å²) in [6.07, 6.45) is 3.69. The Morgan fingerprint density at radius 3 is 2.30 bits per heavy atom. The van der Waals surface area contributed by atoms with Gasteiger partial charge in [0.1, 0.15) is 0 Å². The normalized spacial score (nSPS) is 17.7. The highest BCUT2D eigenvalue weighted by molar-refractivity contribution is 6.30. The molecule has 1 amide bonds. The molecule has 2 atom stereocenters. The number of rotatable bonds is 6. The third-order valence-electron chi connectivity index (χ3n) is 5.22. The van der Waals surface area contributed by atoms with E-state index in [1.54, 1.807) is 29.2 Å². The first-order chi connectivity index (χ1) is 16.0. The highest BCUT2D eigenvalue weighted by Gasteiger charge is 2.51. The molecule has 168 valence electrons. The van der Waals surface area contributed by atoms with Crippen LogP contribution in [0.2, 0.25) is 5.02 Å². The maximum absolute atomic E-state index is 13.3. The first kappa shape index (κ1) is 22.2. The van der Waals surface area contributed by atoms with Crippen molar-refractivity contribution in [1.82, 2.24) is 15.0 Å². The molecule has 1 aliphatic rings. The van der Waals surface area contributed by atoms with Crippen LogP contribution in [0, 0.1) is 0 Å². The summed E-state index contributed by atoms with van der Waals surface area (Å²) in [5.41, 5.74) is 0.967. The van der Waals surface area contributed by atoms with Crippen LogP contribution in [0.5, 0.6) is 0 Å². The number of β-lactam (4-membered cyclic amide) rings is 1. The second kappa shape index (κ2) is 9.25. The van der Waals surface area contributed by atoms with Gasteiger partial charge in [-0.1, -0.05) is 59.3 Å². The van der Waals surface area contributed by atoms with Crippen LogP contribution in [0.3, 0.4) is 0 Å². The number of esters is 2. The van der Waals surface area contributed by atoms with E-state index in [0.29, 0.717) is 10.7 Å². The number of ether oxygens (including phenoxy) is 2. The zero-order chi connectivity index (χ0) is 23.5. The molecule has 0 aliphatic carbocycles. The third-order valence-corrected chi connectivity index (χ3v) is 5.47. The van der Waals surface area contributed by atoms with Crippen molar-refractivity contribution in [3.63, 3.8) is 0 Å². The standard InChI is InChI=1S/C23H19ClN4O5/c1-32-22(30)18-20(23(31)33-2)28(26-25-18)19-17(13-8-14-6-4-3-5-7-14)27(21(19)29)16-11-9-15(24)10-12-16/h3-13,17,19H,1-2H3/b13-8+/t17-,19+/m1/s1. The molecule has 0 radical (unpaired) electrons. The van der Waals surface area contributed by atoms with Gasteiger partial charge in [0.25, 0.3) is 5.91 Å². The summed E-state index contributed by atoms with van der Waals surface area (Å²) in [5, 5.41) is 8.25. The van der Waals surface area contributed by atoms with Gasteiger partial charge >= 0.3 is 11.9 Å². The summed E-state index contributed by atoms with van der Waals surface area (Å²) < 4.78 is 10.6. The zero-order valence-corrected chi connectivity index (χ0v) is 18.5. The van der Waals surface area contributed by atoms with Crippen molar-refractivity contribution in [3.05, 3.63) is 82.6 Å². The summed E-state index contributed by atoms with van der Waals surface area (Å²) in [6.45, 7) is 0. The fourth-order valence-corrected chi connectivity index (χ4v) is 3.75. The largest absolute Gasteiger partial charge is 0.464 e. The Hall–Kier alpha value is -3.98. The van der Waals surface area contributed by atoms with E-state index in [0.717, 1.165) is 24.5 Å². The van der Waals surface area contributed by atoms with Gasteiger partial charge in [-0.05, 0) is 29.8 Å². The number of anilines is 1. The topological polar surface area (TPSA) is 104 Å². The third kappa shape index (κ3) is 4.10. The molecule has 9 nitrogen and oxygen atoms in total. The zero-order valence-electron chi connectivity index (χ0n) is 17.7. The summed E-state index contributed by atoms with van der Waals surface area (Å²) in [5.74, 6) is -2.06. The highest BCUT2D eigenvalue weighted by atomic mass is 35.5. The van der Waals surface area contributed by atoms with E-state index < -0.39 is 24.0 Å². The number of carbonyl (C=O) groups excluding carboxylic acids is 3. The predicted molar refractivity (Wildman–Crippen MR) is 120 cm³/mol. The Bertz CT molecular complexity index is 1220. The van der Waals surface area contributed by atoms with Crippen LogP contribution in [-0.4, -0.2) is 53.1 Å². The van der Waals surface area contributed by atoms with Crippen LogP contribution in [-0.2, 0) is 14.3 Å². The summed E-state index contributed by atoms with van der Waals surface area (Å²) in [7, 11) is 2.32. The molecule has 0 N–H and O–H groups in total. The van der Waals surface area contributed by atoms with Crippen LogP contribution in [0.4, 0.5) is 5.69 Å². The molecule has 1 aromatic heterocycles. The first-order valence-corrected chi connectivity index (χ1v) is 10.3. The average Bonchev–Trinajstić information content (AvgIpc) is 3.26. The van der Waals surface area contributed by atoms with Crippen LogP contribution < -0.4 is 4.90 Å². The molecule has 0 bridgehead atoms. The van der Waals surface area contributed by atoms with Gasteiger partial charge in [0.15, 0.2) is 11.7 Å². The molecule has 10 heteroatoms. The van der Waals surface area contributed by atoms with E-state index in [1.807, 2.05) is 42.5 Å². The number of carbonyl (C=O) groups is 3. The Morgan fingerprint density at radius 1 is 1.00 bits per heavy atom. The van der Waals surface area contributed by atoms with Crippen molar-refractivity contribution < 1.29 is 23.9 Å². The summed E-state index contributed by atoms with van der Waals surface area (Å²) in [4.78, 5) is 39.4. The number of aromatic nitrogens is 3. The SMILES string of the molecule is COC(=O)c1nnn([C@@H]2C(=O)N(c3ccc(Cl)cc3)[C@@H]2/C=C/c2ccccc2)c1C(=O)OC. The lowest BCUT2D eigenvalue weighted by molar-refractivity contribution is -0.128. The molecular weight excluding hydrogens is 448 g/mol. The van der Waals surface area contributed by atoms with Gasteiger partial charge in [-0.2, -0.15) is 0 Å². The maximum atomic E-state index is 13.3. The van der Waals surface area contributed by atoms with Gasteiger partial charge in [-0.3, -0.25) is 4.79 Å². The number of hydrogen-bond acceptors (Lipinski definition) is 7. The van der Waals surface area contributed by atoms with Crippen LogP contribution in [0.25, 0.3) is 6.08 Å². The molecule has 1 saturated heterocycles. The van der Waals surface area contributed by atoms with Gasteiger partial charge in [0.05, 0.1) is 20.3 Å². The number of methoxy groups -OCH3 is 2. The van der Waals surface area contributed by atoms with Crippen molar-refractivity contribution >= 4 is 41.2 Å². The fraction of sp³-hybridized carbons (Fsp3) is 0.174. The molecule has 2 heterocycles. The van der Waals surface area contributed by atoms with Crippen molar-refractivity contribution in [2.24, 2.45) is 0 Å². The lowest BCUT2D eigenvalue weighted by Crippen LogP contribution is -2.61. The van der Waals surface area contributed by atoms with Crippen LogP contribution in [0.1, 0.15) is 32.6 Å². The van der Waals surface area contributed by atoms with E-state index in [2.05, 4.69) is 10.3 Å². The molecule has 2 aromatic carbocycles. The monoisotopic (exact) mass is 466 g/mol. The summed E-state index contributed by atoms with van der Waals surface area (Å²) in [6, 6.07) is 14.9. The second-order valence-corrected chi connectivity index (χ2v) is 7.54. The van der Waals surface area contributed by atoms with Crippen molar-refractivity contribution in [3.8, 4) is 0 Å². The Balaban J connectivity index is 1.78. The average molecular weight is 467 g/mol. The van der Waals surface area contributed by atoms with Crippen molar-refractivity contribution in [2.75, 3.05) is 19.1 Å². The van der Waals surface area contributed by atoms with Crippen molar-refractivity contribution in [2.45, 2.75) is 12.1 Å². The number of amides is 1. The van der Waals surface area contributed by atoms with E-state index in [1.165, 1.54) is 0 Å². The lowest BCUT2D eigenvalue weighted by atomic mass is 9.92. The molecule has 33 heavy (non-hydrogen) atoms. The minimum Gasteiger partial charge on any atom is -0.464 e. The van der Waals surface area contributed by atoms with Gasteiger partial charge in [0.2, 0.25) is 5.69 Å². The summed E-state index contributed by atoms with van der Waals surface area (Å²) >= 11 is 6.00. The van der Waals surface area contributed by atoms with Gasteiger partial charge in [-0.15, -0.1) is 5.10 Å². The van der Waals surface area contributed by atoms with Gasteiger partial charge in [-0.25, -0.2) is 14.3 Å². The van der Waals surface area contributed by atoms with Gasteiger partial charge < -0.3 is 14.4 Å². The minimum absolute atomic E-state index is 0.253. The van der Waals surface area contributed by atoms with E-state index >= 15 is 0 Å². The Kier molecular flexibility index (Phi) is 6.23. The van der Waals surface area contributed by atoms with Crippen LogP contribution >= 0.6 is 11.6 Å². The maximum Gasteiger partial charge on any atom is 0.361 e. The molecule has 1 aliphatic heterocycles. The molecular formula is C23H19ClN4O5. The Labute approximate surface area is 194 Å². The molecule has 0 unspecified atom stereocenters. The van der Waals surface area contributed by atoms with E-state index in [9.17, 15) is 14.4 Å². The first-order valence-electron chi connectivity index (χ1n) is 9.90. The molecule has 0 spiro atoms. The predicted octanol–water partition coefficient (Wildman–Crippen LogP) is 3.17. The molecule has 4 rings (SSSR count). The minimum atomic E-state index is -0.930. The smallest absolute Gasteiger partial charge is 0.361 e. The Morgan fingerprint density at radius 2 is 1.67 bits per heavy atom. The van der Waals surface area contributed by atoms with E-state index in [4.69, 9.17) is 21.1 Å². The lowest BCUT2D eigenvalue weighted by Gasteiger charge is -2.45. The van der Waals surface area contributed by atoms with E-state index in [-0.39, 0.29) is 17.3 Å². The fourth-order valence-electron chi connectivity index (χ4n) is 3.62. The number of nitrogens with zero attached hydrogens (tertiary/aromatic N) is 4. The van der Waals surface area contributed by atoms with Gasteiger partial charge in [0, 0.05) is 10.7 Å². The highest BCUT2D eigenvalue weighted by Crippen LogP contribution is 2.38. The quantitative estimate of drug-likeness (QED) is 0.406. The molecule has 3 aromatic rings. The second-order valence-electron chi connectivity index (χ2n) is 7.10. The molecule has 1 fully saturated rings. The number of benzene rings is 2. The van der Waals surface area contributed by atoms with Crippen molar-refractivity contribution in [1.29, 1.82) is 0 Å². The van der Waals surface area contributed by atoms with Crippen LogP contribution in [0.15, 0.2) is 60.7 Å². The number of hydrogen-bond donors (Lipinski definition) is 0.